The quantitative estimate of drug-likeness (QED) is 0.318. The van der Waals surface area contributed by atoms with Crippen LogP contribution in [0.3, 0.4) is 0 Å². The Labute approximate surface area is 250 Å². The molecule has 0 aromatic carbocycles. The zero-order chi connectivity index (χ0) is 32.3. The number of nitrogens with zero attached hydrogens (tertiary/aromatic N) is 2. The van der Waals surface area contributed by atoms with Gasteiger partial charge in [-0.05, 0) is 49.3 Å². The Balaban J connectivity index is 2.31. The summed E-state index contributed by atoms with van der Waals surface area (Å²) in [6.45, 7) is 21.5. The fourth-order valence-electron chi connectivity index (χ4n) is 4.40. The lowest BCUT2D eigenvalue weighted by molar-refractivity contribution is -0.0565. The van der Waals surface area contributed by atoms with E-state index in [9.17, 15) is 23.1 Å². The predicted octanol–water partition coefficient (Wildman–Crippen LogP) is 2.99. The van der Waals surface area contributed by atoms with Crippen molar-refractivity contribution in [2.45, 2.75) is 109 Å². The molecule has 1 saturated heterocycles. The molecule has 1 aromatic rings. The first-order valence-corrected chi connectivity index (χ1v) is 21.2. The Hall–Kier alpha value is -1.86. The third-order valence-corrected chi connectivity index (χ3v) is 19.0. The summed E-state index contributed by atoms with van der Waals surface area (Å²) in [6.07, 6.45) is 0.273. The smallest absolute Gasteiger partial charge is 0.337 e. The summed E-state index contributed by atoms with van der Waals surface area (Å²) in [4.78, 5) is 26.6. The molecule has 4 atom stereocenters. The minimum Gasteiger partial charge on any atom is -0.414 e. The summed E-state index contributed by atoms with van der Waals surface area (Å²) in [5, 5.41) is 9.65. The van der Waals surface area contributed by atoms with Gasteiger partial charge in [0.05, 0.1) is 24.3 Å². The van der Waals surface area contributed by atoms with E-state index in [2.05, 4.69) is 33.9 Å². The number of rotatable bonds is 8. The minimum absolute atomic E-state index is 0.0772. The van der Waals surface area contributed by atoms with Crippen LogP contribution in [0.25, 0.3) is 6.20 Å². The summed E-state index contributed by atoms with van der Waals surface area (Å²) >= 11 is 0. The second-order valence-corrected chi connectivity index (χ2v) is 25.0. The fourth-order valence-corrected chi connectivity index (χ4v) is 7.91. The first-order chi connectivity index (χ1) is 18.9. The number of aryl methyl sites for hydroxylation is 1. The fraction of sp³-hybridized carbons (Fsp3) is 0.704. The van der Waals surface area contributed by atoms with Crippen LogP contribution in [0.2, 0.25) is 36.3 Å². The van der Waals surface area contributed by atoms with Crippen molar-refractivity contribution in [2.75, 3.05) is 13.2 Å². The summed E-state index contributed by atoms with van der Waals surface area (Å²) in [5.74, 6) is 0. The van der Waals surface area contributed by atoms with Gasteiger partial charge in [0, 0.05) is 18.0 Å². The van der Waals surface area contributed by atoms with E-state index >= 15 is 0 Å². The van der Waals surface area contributed by atoms with Gasteiger partial charge < -0.3 is 24.4 Å². The van der Waals surface area contributed by atoms with Crippen LogP contribution in [0, 0.1) is 6.92 Å². The Morgan fingerprint density at radius 2 is 1.67 bits per heavy atom. The lowest BCUT2D eigenvalue weighted by atomic mass is 9.89. The Bertz CT molecular complexity index is 1480. The van der Waals surface area contributed by atoms with Crippen molar-refractivity contribution in [3.05, 3.63) is 49.8 Å². The highest BCUT2D eigenvalue weighted by molar-refractivity contribution is 7.90. The zero-order valence-corrected chi connectivity index (χ0v) is 29.4. The Morgan fingerprint density at radius 3 is 2.14 bits per heavy atom. The molecule has 0 unspecified atom stereocenters. The van der Waals surface area contributed by atoms with Crippen LogP contribution >= 0.6 is 0 Å². The van der Waals surface area contributed by atoms with E-state index < -0.39 is 62.0 Å². The van der Waals surface area contributed by atoms with Crippen molar-refractivity contribution in [3.63, 3.8) is 0 Å². The van der Waals surface area contributed by atoms with Crippen LogP contribution in [0.1, 0.15) is 53.3 Å². The van der Waals surface area contributed by atoms with Crippen molar-refractivity contribution in [2.24, 2.45) is 5.73 Å². The van der Waals surface area contributed by atoms with Gasteiger partial charge in [-0.25, -0.2) is 13.5 Å². The molecule has 3 N–H and O–H groups in total. The maximum absolute atomic E-state index is 13.7. The highest BCUT2D eigenvalue weighted by Gasteiger charge is 2.67. The molecule has 0 aliphatic carbocycles. The number of hydrogen-bond acceptors (Lipinski definition) is 10. The molecule has 0 radical (unpaired) electrons. The molecule has 2 aliphatic heterocycles. The van der Waals surface area contributed by atoms with Crippen LogP contribution in [0.15, 0.2) is 33.0 Å². The van der Waals surface area contributed by atoms with Crippen molar-refractivity contribution < 1.29 is 31.3 Å². The number of hydrogen-bond donors (Lipinski definition) is 2. The second kappa shape index (κ2) is 11.3. The maximum atomic E-state index is 13.7. The van der Waals surface area contributed by atoms with E-state index in [-0.39, 0.29) is 34.6 Å². The molecule has 1 spiro atoms. The molecule has 1 fully saturated rings. The molecule has 3 rings (SSSR count). The van der Waals surface area contributed by atoms with E-state index in [1.54, 1.807) is 6.92 Å². The van der Waals surface area contributed by atoms with Gasteiger partial charge in [0.15, 0.2) is 28.5 Å². The van der Waals surface area contributed by atoms with E-state index in [1.807, 2.05) is 33.9 Å². The van der Waals surface area contributed by atoms with Crippen molar-refractivity contribution in [1.29, 1.82) is 0 Å². The van der Waals surface area contributed by atoms with Crippen LogP contribution in [0.4, 0.5) is 0 Å². The van der Waals surface area contributed by atoms with Crippen LogP contribution in [0.5, 0.6) is 0 Å². The van der Waals surface area contributed by atoms with Gasteiger partial charge in [-0.1, -0.05) is 41.5 Å². The van der Waals surface area contributed by atoms with Crippen LogP contribution < -0.4 is 17.0 Å². The third kappa shape index (κ3) is 6.20. The lowest BCUT2D eigenvalue weighted by Gasteiger charge is -2.43. The number of nitrogens with two attached hydrogens (primary N) is 1. The van der Waals surface area contributed by atoms with E-state index in [4.69, 9.17) is 23.5 Å². The van der Waals surface area contributed by atoms with E-state index in [0.29, 0.717) is 0 Å². The van der Waals surface area contributed by atoms with Gasteiger partial charge >= 0.3 is 5.69 Å². The Kier molecular flexibility index (Phi) is 9.28. The molecule has 42 heavy (non-hydrogen) atoms. The molecule has 12 nitrogen and oxygen atoms in total. The largest absolute Gasteiger partial charge is 0.414 e. The monoisotopic (exact) mass is 645 g/mol. The molecule has 1 aromatic heterocycles. The van der Waals surface area contributed by atoms with Crippen molar-refractivity contribution in [1.82, 2.24) is 9.13 Å². The van der Waals surface area contributed by atoms with Gasteiger partial charge in [0.1, 0.15) is 12.2 Å². The normalized spacial score (nSPS) is 26.9. The topological polar surface area (TPSA) is 161 Å². The van der Waals surface area contributed by atoms with Gasteiger partial charge in [0.2, 0.25) is 0 Å². The van der Waals surface area contributed by atoms with Gasteiger partial charge in [-0.15, -0.1) is 0 Å². The average Bonchev–Trinajstić information content (AvgIpc) is 3.25. The average molecular weight is 646 g/mol. The molecular formula is C27H47N3O9SSi2. The van der Waals surface area contributed by atoms with Gasteiger partial charge in [0.25, 0.3) is 15.7 Å². The zero-order valence-electron chi connectivity index (χ0n) is 26.5. The van der Waals surface area contributed by atoms with E-state index in [0.717, 1.165) is 9.98 Å². The highest BCUT2D eigenvalue weighted by Crippen LogP contribution is 2.52. The van der Waals surface area contributed by atoms with Crippen molar-refractivity contribution >= 4 is 33.0 Å². The van der Waals surface area contributed by atoms with Crippen molar-refractivity contribution in [3.8, 4) is 0 Å². The molecule has 15 heteroatoms. The molecule has 0 amide bonds. The number of ether oxygens (including phenoxy) is 1. The summed E-state index contributed by atoms with van der Waals surface area (Å²) < 4.78 is 53.6. The van der Waals surface area contributed by atoms with Crippen LogP contribution in [-0.2, 0) is 27.9 Å². The highest BCUT2D eigenvalue weighted by atomic mass is 32.2. The number of aliphatic hydroxyl groups is 1. The maximum Gasteiger partial charge on any atom is 0.337 e. The van der Waals surface area contributed by atoms with E-state index in [1.165, 1.54) is 23.0 Å². The summed E-state index contributed by atoms with van der Waals surface area (Å²) in [7, 11) is -9.32. The molecule has 2 aliphatic rings. The van der Waals surface area contributed by atoms with Gasteiger partial charge in [-0.3, -0.25) is 9.36 Å². The number of aliphatic hydroxyl groups excluding tert-OH is 1. The van der Waals surface area contributed by atoms with Crippen LogP contribution in [-0.4, -0.2) is 70.3 Å². The first kappa shape index (κ1) is 34.6. The molecule has 238 valence electrons. The Morgan fingerprint density at radius 1 is 1.10 bits per heavy atom. The first-order valence-electron chi connectivity index (χ1n) is 13.9. The standard InChI is InChI=1S/C27H47N3O9SSi2/c1-18-15-30(24(33)29(22(18)32)13-12-14-31)23-21(38-42(10,11)26(5,6)7)27(19(28)17-40(34,35)39-27)20(37-23)16-36-41(8,9)25(2,3)4/h12-13,15,17,20-21,23,31H,14,16,28H2,1-11H3/b13-12-/t20-,21+,23-,27-/m1/s1. The number of aromatic nitrogens is 2. The molecule has 3 heterocycles. The third-order valence-electron chi connectivity index (χ3n) is 9.02. The SMILES string of the molecule is Cc1cn([C@@H]2O[C@H](CO[Si](C)(C)C(C)(C)C)[C@@]3(OS(=O)(=O)C=C3N)[C@H]2O[Si](C)(C)C(C)(C)C)c(=O)n(/C=C\CO)c1=O. The predicted molar refractivity (Wildman–Crippen MR) is 166 cm³/mol. The second-order valence-electron chi connectivity index (χ2n) is 14.1. The molecular weight excluding hydrogens is 599 g/mol. The summed E-state index contributed by atoms with van der Waals surface area (Å²) in [5.41, 5.74) is 3.41. The molecule has 0 saturated carbocycles. The minimum atomic E-state index is -4.23. The van der Waals surface area contributed by atoms with Gasteiger partial charge in [-0.2, -0.15) is 8.42 Å². The molecule has 0 bridgehead atoms. The summed E-state index contributed by atoms with van der Waals surface area (Å²) in [6, 6.07) is 0. The lowest BCUT2D eigenvalue weighted by Crippen LogP contribution is -2.59.